The Morgan fingerprint density at radius 3 is 2.63 bits per heavy atom. The third kappa shape index (κ3) is 4.89. The van der Waals surface area contributed by atoms with Crippen LogP contribution in [0.1, 0.15) is 17.0 Å². The van der Waals surface area contributed by atoms with E-state index in [-0.39, 0.29) is 0 Å². The second kappa shape index (κ2) is 10.2. The minimum absolute atomic E-state index is 0.509. The molecule has 1 saturated heterocycles. The molecule has 0 N–H and O–H groups in total. The molecular formula is C24H32N2O4. The van der Waals surface area contributed by atoms with Gasteiger partial charge in [0.15, 0.2) is 11.5 Å². The fraction of sp³-hybridized carbons (Fsp3) is 0.500. The molecule has 0 aliphatic carbocycles. The van der Waals surface area contributed by atoms with E-state index in [4.69, 9.17) is 18.9 Å². The molecule has 0 unspecified atom stereocenters. The van der Waals surface area contributed by atoms with Gasteiger partial charge in [0.1, 0.15) is 6.61 Å². The van der Waals surface area contributed by atoms with Gasteiger partial charge < -0.3 is 23.8 Å². The van der Waals surface area contributed by atoms with E-state index in [1.807, 2.05) is 6.07 Å². The lowest BCUT2D eigenvalue weighted by Gasteiger charge is -2.29. The van der Waals surface area contributed by atoms with Crippen molar-refractivity contribution in [2.45, 2.75) is 12.5 Å². The van der Waals surface area contributed by atoms with Crippen molar-refractivity contribution >= 4 is 5.69 Å². The van der Waals surface area contributed by atoms with Crippen molar-refractivity contribution in [3.8, 4) is 11.5 Å². The van der Waals surface area contributed by atoms with E-state index in [2.05, 4.69) is 46.2 Å². The molecule has 0 bridgehead atoms. The molecule has 0 amide bonds. The van der Waals surface area contributed by atoms with E-state index in [9.17, 15) is 0 Å². The average Bonchev–Trinajstić information content (AvgIpc) is 3.12. The zero-order chi connectivity index (χ0) is 20.8. The van der Waals surface area contributed by atoms with Gasteiger partial charge in [-0.2, -0.15) is 0 Å². The normalized spacial score (nSPS) is 19.0. The molecule has 0 aromatic heterocycles. The third-order valence-corrected chi connectivity index (χ3v) is 5.89. The van der Waals surface area contributed by atoms with E-state index in [0.29, 0.717) is 19.1 Å². The topological polar surface area (TPSA) is 43.4 Å². The zero-order valence-corrected chi connectivity index (χ0v) is 18.0. The first kappa shape index (κ1) is 21.0. The molecular weight excluding hydrogens is 380 g/mol. The van der Waals surface area contributed by atoms with Crippen molar-refractivity contribution in [1.29, 1.82) is 0 Å². The van der Waals surface area contributed by atoms with Crippen LogP contribution in [-0.2, 0) is 16.0 Å². The van der Waals surface area contributed by atoms with Gasteiger partial charge in [-0.15, -0.1) is 0 Å². The van der Waals surface area contributed by atoms with Crippen molar-refractivity contribution < 1.29 is 18.9 Å². The minimum atomic E-state index is 0.509. The summed E-state index contributed by atoms with van der Waals surface area (Å²) in [4.78, 5) is 5.02. The van der Waals surface area contributed by atoms with Crippen LogP contribution < -0.4 is 14.4 Å². The first-order chi connectivity index (χ1) is 14.8. The van der Waals surface area contributed by atoms with Gasteiger partial charge in [-0.05, 0) is 29.3 Å². The summed E-state index contributed by atoms with van der Waals surface area (Å²) in [6, 6.07) is 15.0. The van der Waals surface area contributed by atoms with Crippen molar-refractivity contribution in [3.63, 3.8) is 0 Å². The summed E-state index contributed by atoms with van der Waals surface area (Å²) >= 11 is 0. The Labute approximate surface area is 179 Å². The number of ether oxygens (including phenoxy) is 4. The molecule has 2 aliphatic rings. The molecule has 2 aliphatic heterocycles. The summed E-state index contributed by atoms with van der Waals surface area (Å²) in [5.41, 5.74) is 4.01. The Bertz CT molecular complexity index is 823. The van der Waals surface area contributed by atoms with Crippen LogP contribution in [0.4, 0.5) is 5.69 Å². The van der Waals surface area contributed by atoms with Crippen molar-refractivity contribution in [1.82, 2.24) is 4.90 Å². The van der Waals surface area contributed by atoms with Crippen LogP contribution in [0, 0.1) is 0 Å². The van der Waals surface area contributed by atoms with Crippen molar-refractivity contribution in [3.05, 3.63) is 53.6 Å². The number of benzene rings is 2. The van der Waals surface area contributed by atoms with Gasteiger partial charge in [0.25, 0.3) is 0 Å². The summed E-state index contributed by atoms with van der Waals surface area (Å²) in [5, 5.41) is 0. The van der Waals surface area contributed by atoms with Gasteiger partial charge in [-0.1, -0.05) is 24.3 Å². The summed E-state index contributed by atoms with van der Waals surface area (Å²) in [7, 11) is 3.36. The Morgan fingerprint density at radius 2 is 1.83 bits per heavy atom. The van der Waals surface area contributed by atoms with Crippen LogP contribution in [0.5, 0.6) is 11.5 Å². The number of morpholine rings is 1. The number of hydrogen-bond acceptors (Lipinski definition) is 6. The summed E-state index contributed by atoms with van der Waals surface area (Å²) in [6.45, 7) is 7.78. The number of methoxy groups -OCH3 is 2. The molecule has 1 fully saturated rings. The maximum Gasteiger partial charge on any atom is 0.161 e. The maximum atomic E-state index is 5.77. The van der Waals surface area contributed by atoms with E-state index in [0.717, 1.165) is 57.4 Å². The standard InChI is InChI=1S/C24H32N2O4/c1-27-13-14-30-23-8-7-19(15-24(23)28-2)16-26-18-20(17-25-9-11-29-12-10-25)21-5-3-4-6-22(21)26/h3-8,15,20H,9-14,16-18H2,1-2H3/t20-/m0/s1. The predicted molar refractivity (Wildman–Crippen MR) is 118 cm³/mol. The maximum absolute atomic E-state index is 5.77. The molecule has 30 heavy (non-hydrogen) atoms. The SMILES string of the molecule is COCCOc1ccc(CN2C[C@H](CN3CCOCC3)c3ccccc32)cc1OC. The molecule has 2 aromatic rings. The lowest BCUT2D eigenvalue weighted by molar-refractivity contribution is 0.0356. The number of fused-ring (bicyclic) bond motifs is 1. The summed E-state index contributed by atoms with van der Waals surface area (Å²) in [6.07, 6.45) is 0. The Morgan fingerprint density at radius 1 is 1.00 bits per heavy atom. The van der Waals surface area contributed by atoms with Crippen LogP contribution in [0.25, 0.3) is 0 Å². The minimum Gasteiger partial charge on any atom is -0.493 e. The van der Waals surface area contributed by atoms with Crippen LogP contribution in [-0.4, -0.2) is 71.7 Å². The van der Waals surface area contributed by atoms with E-state index < -0.39 is 0 Å². The number of nitrogens with zero attached hydrogens (tertiary/aromatic N) is 2. The molecule has 0 radical (unpaired) electrons. The third-order valence-electron chi connectivity index (χ3n) is 5.89. The van der Waals surface area contributed by atoms with Crippen LogP contribution in [0.2, 0.25) is 0 Å². The van der Waals surface area contributed by atoms with Gasteiger partial charge in [0, 0.05) is 51.4 Å². The molecule has 6 nitrogen and oxygen atoms in total. The average molecular weight is 413 g/mol. The zero-order valence-electron chi connectivity index (χ0n) is 18.0. The lowest BCUT2D eigenvalue weighted by atomic mass is 10.0. The highest BCUT2D eigenvalue weighted by Gasteiger charge is 2.30. The molecule has 4 rings (SSSR count). The van der Waals surface area contributed by atoms with E-state index >= 15 is 0 Å². The highest BCUT2D eigenvalue weighted by Crippen LogP contribution is 2.38. The fourth-order valence-corrected chi connectivity index (χ4v) is 4.37. The van der Waals surface area contributed by atoms with Gasteiger partial charge in [0.2, 0.25) is 0 Å². The molecule has 2 heterocycles. The van der Waals surface area contributed by atoms with Crippen LogP contribution >= 0.6 is 0 Å². The van der Waals surface area contributed by atoms with Gasteiger partial charge in [-0.3, -0.25) is 4.90 Å². The quantitative estimate of drug-likeness (QED) is 0.590. The van der Waals surface area contributed by atoms with Gasteiger partial charge >= 0.3 is 0 Å². The Hall–Kier alpha value is -2.28. The van der Waals surface area contributed by atoms with Gasteiger partial charge in [-0.25, -0.2) is 0 Å². The molecule has 2 aromatic carbocycles. The number of para-hydroxylation sites is 1. The fourth-order valence-electron chi connectivity index (χ4n) is 4.37. The monoisotopic (exact) mass is 412 g/mol. The van der Waals surface area contributed by atoms with E-state index in [1.165, 1.54) is 16.8 Å². The van der Waals surface area contributed by atoms with E-state index in [1.54, 1.807) is 14.2 Å². The highest BCUT2D eigenvalue weighted by atomic mass is 16.5. The number of hydrogen-bond donors (Lipinski definition) is 0. The second-order valence-corrected chi connectivity index (χ2v) is 7.88. The first-order valence-corrected chi connectivity index (χ1v) is 10.7. The summed E-state index contributed by atoms with van der Waals surface area (Å²) < 4.78 is 21.9. The van der Waals surface area contributed by atoms with Crippen molar-refractivity contribution in [2.75, 3.05) is 71.7 Å². The molecule has 1 atom stereocenters. The Balaban J connectivity index is 1.46. The van der Waals surface area contributed by atoms with Crippen molar-refractivity contribution in [2.24, 2.45) is 0 Å². The molecule has 0 saturated carbocycles. The smallest absolute Gasteiger partial charge is 0.161 e. The molecule has 6 heteroatoms. The lowest BCUT2D eigenvalue weighted by Crippen LogP contribution is -2.39. The summed E-state index contributed by atoms with van der Waals surface area (Å²) in [5.74, 6) is 2.05. The van der Waals surface area contributed by atoms with Gasteiger partial charge in [0.05, 0.1) is 26.9 Å². The van der Waals surface area contributed by atoms with Crippen LogP contribution in [0.3, 0.4) is 0 Å². The number of anilines is 1. The molecule has 162 valence electrons. The largest absolute Gasteiger partial charge is 0.493 e. The highest BCUT2D eigenvalue weighted by molar-refractivity contribution is 5.61. The van der Waals surface area contributed by atoms with Crippen LogP contribution in [0.15, 0.2) is 42.5 Å². The number of rotatable bonds is 9. The second-order valence-electron chi connectivity index (χ2n) is 7.88. The predicted octanol–water partition coefficient (Wildman–Crippen LogP) is 3.16. The first-order valence-electron chi connectivity index (χ1n) is 10.7. The molecule has 0 spiro atoms. The Kier molecular flexibility index (Phi) is 7.10.